The van der Waals surface area contributed by atoms with Crippen molar-refractivity contribution in [3.05, 3.63) is 24.3 Å². The van der Waals surface area contributed by atoms with Crippen molar-refractivity contribution in [2.75, 3.05) is 17.3 Å². The molecule has 0 saturated heterocycles. The number of hydrogen-bond acceptors (Lipinski definition) is 5. The van der Waals surface area contributed by atoms with Crippen molar-refractivity contribution in [3.63, 3.8) is 0 Å². The van der Waals surface area contributed by atoms with Crippen LogP contribution >= 0.6 is 0 Å². The second kappa shape index (κ2) is 16.1. The molecule has 1 aliphatic rings. The van der Waals surface area contributed by atoms with Gasteiger partial charge in [0.25, 0.3) is 0 Å². The third-order valence-electron chi connectivity index (χ3n) is 6.67. The number of nitrogens with zero attached hydrogens (tertiary/aromatic N) is 1. The molecule has 1 aromatic carbocycles. The fourth-order valence-electron chi connectivity index (χ4n) is 4.68. The zero-order chi connectivity index (χ0) is 22.6. The van der Waals surface area contributed by atoms with Crippen LogP contribution in [0.2, 0.25) is 0 Å². The number of unbranched alkanes of at least 4 members (excludes halogenated alkanes) is 14. The average molecular weight is 491 g/mol. The molecule has 0 aliphatic carbocycles. The molecule has 0 aromatic heterocycles. The maximum atomic E-state index is 12.2. The number of benzene rings is 1. The van der Waals surface area contributed by atoms with Crippen molar-refractivity contribution in [1.82, 2.24) is 0 Å². The molecule has 0 amide bonds. The van der Waals surface area contributed by atoms with Gasteiger partial charge in [-0.3, -0.25) is 0 Å². The second-order valence-electron chi connectivity index (χ2n) is 9.14. The van der Waals surface area contributed by atoms with Crippen LogP contribution in [0.4, 0.5) is 11.4 Å². The Morgan fingerprint density at radius 3 is 1.69 bits per heavy atom. The summed E-state index contributed by atoms with van der Waals surface area (Å²) in [5.41, 5.74) is 1.48. The molecule has 1 heterocycles. The Hall–Kier alpha value is 0.366. The molecule has 5 nitrogen and oxygen atoms in total. The second-order valence-corrected chi connectivity index (χ2v) is 10.7. The summed E-state index contributed by atoms with van der Waals surface area (Å²) in [5.74, 6) is 0. The van der Waals surface area contributed by atoms with E-state index in [1.54, 1.807) is 11.9 Å². The summed E-state index contributed by atoms with van der Waals surface area (Å²) in [6.07, 6.45) is 19.2. The van der Waals surface area contributed by atoms with Crippen LogP contribution in [0.25, 0.3) is 0 Å². The van der Waals surface area contributed by atoms with Gasteiger partial charge in [-0.1, -0.05) is 109 Å². The van der Waals surface area contributed by atoms with Gasteiger partial charge in [0.05, 0.1) is 11.4 Å². The van der Waals surface area contributed by atoms with Crippen molar-refractivity contribution in [3.8, 4) is 0 Å². The van der Waals surface area contributed by atoms with Gasteiger partial charge in [-0.15, -0.1) is 0 Å². The van der Waals surface area contributed by atoms with E-state index in [-0.39, 0.29) is 51.4 Å². The summed E-state index contributed by atoms with van der Waals surface area (Å²) in [5, 5.41) is 3.01. The van der Waals surface area contributed by atoms with Gasteiger partial charge in [0.1, 0.15) is 10.1 Å². The number of anilines is 2. The van der Waals surface area contributed by atoms with Gasteiger partial charge in [0.15, 0.2) is 0 Å². The van der Waals surface area contributed by atoms with Crippen LogP contribution in [0.5, 0.6) is 0 Å². The Balaban J connectivity index is 0.00000512. The van der Waals surface area contributed by atoms with Gasteiger partial charge in [-0.2, -0.15) is 0 Å². The third-order valence-corrected chi connectivity index (χ3v) is 8.08. The monoisotopic (exact) mass is 490 g/mol. The van der Waals surface area contributed by atoms with E-state index in [0.29, 0.717) is 12.1 Å². The van der Waals surface area contributed by atoms with Crippen LogP contribution in [-0.2, 0) is 10.1 Å². The smallest absolute Gasteiger partial charge is 0.745 e. The Labute approximate surface area is 239 Å². The van der Waals surface area contributed by atoms with Crippen molar-refractivity contribution in [2.45, 2.75) is 115 Å². The predicted octanol–water partition coefficient (Wildman–Crippen LogP) is 4.01. The van der Waals surface area contributed by atoms with E-state index in [1.807, 2.05) is 24.3 Å². The zero-order valence-electron chi connectivity index (χ0n) is 20.7. The molecule has 7 heteroatoms. The molecule has 1 aliphatic heterocycles. The SMILES string of the molecule is CCCCCCCCCCCCCCCCCC1(S(=O)(=O)[O-])Nc2ccccc2N1C.[K+]. The molecule has 1 atom stereocenters. The summed E-state index contributed by atoms with van der Waals surface area (Å²) < 4.78 is 36.5. The van der Waals surface area contributed by atoms with Crippen LogP contribution in [0, 0.1) is 0 Å². The van der Waals surface area contributed by atoms with Crippen molar-refractivity contribution >= 4 is 21.5 Å². The number of rotatable bonds is 17. The van der Waals surface area contributed by atoms with Gasteiger partial charge in [-0.05, 0) is 18.6 Å². The van der Waals surface area contributed by atoms with Gasteiger partial charge < -0.3 is 14.8 Å². The number of fused-ring (bicyclic) bond motifs is 1. The summed E-state index contributed by atoms with van der Waals surface area (Å²) >= 11 is 0. The normalized spacial score (nSPS) is 17.7. The molecule has 0 bridgehead atoms. The molecule has 178 valence electrons. The third kappa shape index (κ3) is 9.20. The molecule has 0 fully saturated rings. The van der Waals surface area contributed by atoms with Crippen LogP contribution in [0.3, 0.4) is 0 Å². The van der Waals surface area contributed by atoms with E-state index < -0.39 is 15.1 Å². The van der Waals surface area contributed by atoms with Gasteiger partial charge in [-0.25, -0.2) is 8.42 Å². The molecular weight excluding hydrogens is 447 g/mol. The summed E-state index contributed by atoms with van der Waals surface area (Å²) in [6, 6.07) is 7.38. The number of nitrogens with one attached hydrogen (secondary N) is 1. The Morgan fingerprint density at radius 2 is 1.25 bits per heavy atom. The summed E-state index contributed by atoms with van der Waals surface area (Å²) in [6.45, 7) is 2.26. The van der Waals surface area contributed by atoms with E-state index >= 15 is 0 Å². The largest absolute Gasteiger partial charge is 1.00 e. The van der Waals surface area contributed by atoms with Crippen molar-refractivity contribution in [2.24, 2.45) is 0 Å². The standard InChI is InChI=1S/C25H44N2O3S.K/c1-3-4-5-6-7-8-9-10-11-12-13-14-15-16-19-22-25(31(28,29)30)26-23-20-17-18-21-24(23)27(25)2;/h17-18,20-21,26H,3-16,19,22H2,1-2H3,(H,28,29,30);/q;+1/p-1. The minimum Gasteiger partial charge on any atom is -0.745 e. The minimum absolute atomic E-state index is 0. The van der Waals surface area contributed by atoms with Crippen LogP contribution in [-0.4, -0.2) is 25.0 Å². The minimum atomic E-state index is -4.54. The fourth-order valence-corrected chi connectivity index (χ4v) is 5.75. The van der Waals surface area contributed by atoms with E-state index in [0.717, 1.165) is 24.9 Å². The topological polar surface area (TPSA) is 72.5 Å². The summed E-state index contributed by atoms with van der Waals surface area (Å²) in [4.78, 5) is 0.0434. The van der Waals surface area contributed by atoms with Gasteiger partial charge in [0.2, 0.25) is 4.99 Å². The molecule has 32 heavy (non-hydrogen) atoms. The van der Waals surface area contributed by atoms with E-state index in [9.17, 15) is 13.0 Å². The van der Waals surface area contributed by atoms with E-state index in [4.69, 9.17) is 0 Å². The average Bonchev–Trinajstić information content (AvgIpc) is 3.04. The quantitative estimate of drug-likeness (QED) is 0.203. The first kappa shape index (κ1) is 30.4. The van der Waals surface area contributed by atoms with Gasteiger partial charge in [0, 0.05) is 13.5 Å². The van der Waals surface area contributed by atoms with E-state index in [1.165, 1.54) is 77.0 Å². The first-order valence-electron chi connectivity index (χ1n) is 12.5. The molecule has 0 spiro atoms. The van der Waals surface area contributed by atoms with Crippen molar-refractivity contribution < 1.29 is 64.4 Å². The van der Waals surface area contributed by atoms with Crippen LogP contribution in [0.1, 0.15) is 110 Å². The predicted molar refractivity (Wildman–Crippen MR) is 130 cm³/mol. The number of hydrogen-bond donors (Lipinski definition) is 1. The molecule has 0 saturated carbocycles. The molecule has 1 aromatic rings. The fraction of sp³-hybridized carbons (Fsp3) is 0.760. The Kier molecular flexibility index (Phi) is 15.3. The maximum Gasteiger partial charge on any atom is 1.00 e. The Bertz CT molecular complexity index is 744. The first-order valence-corrected chi connectivity index (χ1v) is 13.9. The summed E-state index contributed by atoms with van der Waals surface area (Å²) in [7, 11) is -2.84. The van der Waals surface area contributed by atoms with Crippen LogP contribution in [0.15, 0.2) is 24.3 Å². The molecule has 0 radical (unpaired) electrons. The zero-order valence-corrected chi connectivity index (χ0v) is 24.6. The van der Waals surface area contributed by atoms with E-state index in [2.05, 4.69) is 12.2 Å². The molecular formula is C25H43KN2O3S. The van der Waals surface area contributed by atoms with Gasteiger partial charge >= 0.3 is 51.4 Å². The Morgan fingerprint density at radius 1 is 0.812 bits per heavy atom. The first-order chi connectivity index (χ1) is 14.9. The van der Waals surface area contributed by atoms with Crippen molar-refractivity contribution in [1.29, 1.82) is 0 Å². The number of para-hydroxylation sites is 2. The van der Waals surface area contributed by atoms with Crippen LogP contribution < -0.4 is 61.6 Å². The molecule has 2 rings (SSSR count). The molecule has 1 unspecified atom stereocenters. The molecule has 1 N–H and O–H groups in total. The maximum absolute atomic E-state index is 12.2.